The van der Waals surface area contributed by atoms with Gasteiger partial charge in [-0.15, -0.1) is 0 Å². The lowest BCUT2D eigenvalue weighted by atomic mass is 10.3. The Hall–Kier alpha value is -2.51. The number of anilines is 1. The highest BCUT2D eigenvalue weighted by Gasteiger charge is 2.12. The molecule has 0 amide bonds. The Labute approximate surface area is 95.8 Å². The van der Waals surface area contributed by atoms with Crippen LogP contribution in [0.3, 0.4) is 0 Å². The zero-order chi connectivity index (χ0) is 12.1. The second kappa shape index (κ2) is 5.01. The molecule has 1 N–H and O–H groups in total. The summed E-state index contributed by atoms with van der Waals surface area (Å²) in [4.78, 5) is 17.8. The van der Waals surface area contributed by atoms with Crippen LogP contribution in [0.4, 0.5) is 11.4 Å². The predicted octanol–water partition coefficient (Wildman–Crippen LogP) is 1.03. The van der Waals surface area contributed by atoms with Crippen molar-refractivity contribution in [3.63, 3.8) is 0 Å². The van der Waals surface area contributed by atoms with Crippen LogP contribution in [0, 0.1) is 10.1 Å². The van der Waals surface area contributed by atoms with Gasteiger partial charge in [-0.25, -0.2) is 0 Å². The lowest BCUT2D eigenvalue weighted by Gasteiger charge is -2.04. The van der Waals surface area contributed by atoms with E-state index >= 15 is 0 Å². The van der Waals surface area contributed by atoms with Crippen LogP contribution >= 0.6 is 0 Å². The van der Waals surface area contributed by atoms with E-state index in [0.29, 0.717) is 24.5 Å². The molecule has 8 nitrogen and oxygen atoms in total. The molecule has 2 rings (SSSR count). The minimum Gasteiger partial charge on any atom is -0.379 e. The van der Waals surface area contributed by atoms with Gasteiger partial charge in [0.15, 0.2) is 6.33 Å². The summed E-state index contributed by atoms with van der Waals surface area (Å²) in [6.45, 7) is 0.465. The minimum atomic E-state index is -0.484. The van der Waals surface area contributed by atoms with E-state index in [1.54, 1.807) is 6.07 Å². The Kier molecular flexibility index (Phi) is 3.24. The molecule has 0 radical (unpaired) electrons. The summed E-state index contributed by atoms with van der Waals surface area (Å²) in [5.41, 5.74) is 0.363. The van der Waals surface area contributed by atoms with Gasteiger partial charge in [0, 0.05) is 19.2 Å². The molecule has 0 saturated heterocycles. The van der Waals surface area contributed by atoms with Crippen molar-refractivity contribution in [2.75, 3.05) is 11.9 Å². The van der Waals surface area contributed by atoms with Gasteiger partial charge in [0.2, 0.25) is 5.89 Å². The standard InChI is InChI=1S/C9H9N5O3/c15-14(16)8-5-10-3-1-7(8)11-4-2-9-12-6-13-17-9/h1,3,5-6H,2,4H2,(H,10,11). The molecular formula is C9H9N5O3. The fourth-order valence-electron chi connectivity index (χ4n) is 1.29. The van der Waals surface area contributed by atoms with Crippen molar-refractivity contribution in [1.29, 1.82) is 0 Å². The second-order valence-electron chi connectivity index (χ2n) is 3.16. The molecule has 0 aromatic carbocycles. The first-order valence-electron chi connectivity index (χ1n) is 4.85. The lowest BCUT2D eigenvalue weighted by molar-refractivity contribution is -0.384. The van der Waals surface area contributed by atoms with E-state index in [1.807, 2.05) is 0 Å². The van der Waals surface area contributed by atoms with Crippen LogP contribution in [-0.4, -0.2) is 26.6 Å². The number of nitrogens with one attached hydrogen (secondary N) is 1. The first-order valence-corrected chi connectivity index (χ1v) is 4.85. The average molecular weight is 235 g/mol. The number of hydrogen-bond acceptors (Lipinski definition) is 7. The zero-order valence-electron chi connectivity index (χ0n) is 8.74. The average Bonchev–Trinajstić information content (AvgIpc) is 2.82. The summed E-state index contributed by atoms with van der Waals surface area (Å²) in [5, 5.41) is 17.1. The van der Waals surface area contributed by atoms with Gasteiger partial charge < -0.3 is 9.84 Å². The third kappa shape index (κ3) is 2.74. The Morgan fingerprint density at radius 3 is 3.12 bits per heavy atom. The van der Waals surface area contributed by atoms with Crippen LogP contribution < -0.4 is 5.32 Å². The largest absolute Gasteiger partial charge is 0.379 e. The molecule has 0 atom stereocenters. The van der Waals surface area contributed by atoms with Crippen LogP contribution in [0.15, 0.2) is 29.3 Å². The summed E-state index contributed by atoms with van der Waals surface area (Å²) in [5.74, 6) is 0.481. The van der Waals surface area contributed by atoms with Crippen LogP contribution in [0.5, 0.6) is 0 Å². The normalized spacial score (nSPS) is 10.1. The monoisotopic (exact) mass is 235 g/mol. The molecule has 0 aliphatic carbocycles. The quantitative estimate of drug-likeness (QED) is 0.609. The molecule has 2 aromatic rings. The van der Waals surface area contributed by atoms with Crippen LogP contribution in [0.2, 0.25) is 0 Å². The van der Waals surface area contributed by atoms with E-state index < -0.39 is 4.92 Å². The van der Waals surface area contributed by atoms with E-state index in [0.717, 1.165) is 0 Å². The number of pyridine rings is 1. The maximum Gasteiger partial charge on any atom is 0.310 e. The molecular weight excluding hydrogens is 226 g/mol. The molecule has 0 aliphatic heterocycles. The van der Waals surface area contributed by atoms with Gasteiger partial charge in [-0.3, -0.25) is 15.1 Å². The van der Waals surface area contributed by atoms with Crippen molar-refractivity contribution in [2.45, 2.75) is 6.42 Å². The Morgan fingerprint density at radius 2 is 2.41 bits per heavy atom. The Morgan fingerprint density at radius 1 is 1.53 bits per heavy atom. The van der Waals surface area contributed by atoms with E-state index in [9.17, 15) is 10.1 Å². The molecule has 88 valence electrons. The number of nitrogens with zero attached hydrogens (tertiary/aromatic N) is 4. The first kappa shape index (κ1) is 11.0. The summed E-state index contributed by atoms with van der Waals surface area (Å²) < 4.78 is 4.80. The Bertz CT molecular complexity index is 499. The number of rotatable bonds is 5. The van der Waals surface area contributed by atoms with Crippen molar-refractivity contribution in [3.05, 3.63) is 40.8 Å². The SMILES string of the molecule is O=[N+]([O-])c1cnccc1NCCc1ncno1. The minimum absolute atomic E-state index is 0.0574. The second-order valence-corrected chi connectivity index (χ2v) is 3.16. The van der Waals surface area contributed by atoms with Crippen molar-refractivity contribution in [1.82, 2.24) is 15.1 Å². The molecule has 0 spiro atoms. The molecule has 17 heavy (non-hydrogen) atoms. The van der Waals surface area contributed by atoms with E-state index in [2.05, 4.69) is 20.4 Å². The fourth-order valence-corrected chi connectivity index (χ4v) is 1.29. The summed E-state index contributed by atoms with van der Waals surface area (Å²) >= 11 is 0. The van der Waals surface area contributed by atoms with Gasteiger partial charge in [0.25, 0.3) is 0 Å². The summed E-state index contributed by atoms with van der Waals surface area (Å²) in [6, 6.07) is 1.55. The zero-order valence-corrected chi connectivity index (χ0v) is 8.74. The highest BCUT2D eigenvalue weighted by molar-refractivity contribution is 5.59. The summed E-state index contributed by atoms with van der Waals surface area (Å²) in [7, 11) is 0. The van der Waals surface area contributed by atoms with Crippen LogP contribution in [0.1, 0.15) is 5.89 Å². The topological polar surface area (TPSA) is 107 Å². The van der Waals surface area contributed by atoms with E-state index in [4.69, 9.17) is 4.52 Å². The van der Waals surface area contributed by atoms with Gasteiger partial charge in [0.05, 0.1) is 4.92 Å². The lowest BCUT2D eigenvalue weighted by Crippen LogP contribution is -2.07. The van der Waals surface area contributed by atoms with Crippen LogP contribution in [-0.2, 0) is 6.42 Å². The molecule has 2 heterocycles. The molecule has 0 unspecified atom stereocenters. The molecule has 0 saturated carbocycles. The van der Waals surface area contributed by atoms with Crippen molar-refractivity contribution in [3.8, 4) is 0 Å². The molecule has 0 aliphatic rings. The third-order valence-corrected chi connectivity index (χ3v) is 2.06. The van der Waals surface area contributed by atoms with Crippen LogP contribution in [0.25, 0.3) is 0 Å². The smallest absolute Gasteiger partial charge is 0.310 e. The van der Waals surface area contributed by atoms with Crippen molar-refractivity contribution >= 4 is 11.4 Å². The van der Waals surface area contributed by atoms with Gasteiger partial charge in [0.1, 0.15) is 11.9 Å². The highest BCUT2D eigenvalue weighted by atomic mass is 16.6. The Balaban J connectivity index is 1.97. The van der Waals surface area contributed by atoms with Crippen molar-refractivity contribution in [2.24, 2.45) is 0 Å². The van der Waals surface area contributed by atoms with Gasteiger partial charge >= 0.3 is 5.69 Å². The fraction of sp³-hybridized carbons (Fsp3) is 0.222. The maximum absolute atomic E-state index is 10.7. The molecule has 0 fully saturated rings. The molecule has 2 aromatic heterocycles. The molecule has 8 heteroatoms. The maximum atomic E-state index is 10.7. The number of nitro groups is 1. The first-order chi connectivity index (χ1) is 8.27. The van der Waals surface area contributed by atoms with Gasteiger partial charge in [-0.1, -0.05) is 5.16 Å². The van der Waals surface area contributed by atoms with Gasteiger partial charge in [-0.05, 0) is 6.07 Å². The summed E-state index contributed by atoms with van der Waals surface area (Å²) in [6.07, 6.45) is 4.50. The molecule has 0 bridgehead atoms. The third-order valence-electron chi connectivity index (χ3n) is 2.06. The predicted molar refractivity (Wildman–Crippen MR) is 57.4 cm³/mol. The van der Waals surface area contributed by atoms with E-state index in [1.165, 1.54) is 18.7 Å². The number of hydrogen-bond donors (Lipinski definition) is 1. The van der Waals surface area contributed by atoms with E-state index in [-0.39, 0.29) is 5.69 Å². The van der Waals surface area contributed by atoms with Crippen molar-refractivity contribution < 1.29 is 9.45 Å². The highest BCUT2D eigenvalue weighted by Crippen LogP contribution is 2.21. The van der Waals surface area contributed by atoms with Gasteiger partial charge in [-0.2, -0.15) is 4.98 Å². The number of aromatic nitrogens is 3.